The first kappa shape index (κ1) is 16.5. The van der Waals surface area contributed by atoms with Crippen LogP contribution in [0.5, 0.6) is 0 Å². The molecule has 0 N–H and O–H groups in total. The molecule has 1 heterocycles. The smallest absolute Gasteiger partial charge is 0.323 e. The van der Waals surface area contributed by atoms with Crippen molar-refractivity contribution in [2.45, 2.75) is 78.9 Å². The predicted molar refractivity (Wildman–Crippen MR) is 79.1 cm³/mol. The van der Waals surface area contributed by atoms with Crippen LogP contribution in [0.2, 0.25) is 0 Å². The van der Waals surface area contributed by atoms with Crippen molar-refractivity contribution in [3.05, 3.63) is 0 Å². The van der Waals surface area contributed by atoms with E-state index in [4.69, 9.17) is 4.74 Å². The molecule has 1 rings (SSSR count). The SMILES string of the molecule is CCC1(CC)CCN(C(C)C(=O)OC(C)(C)C)CC1. The topological polar surface area (TPSA) is 29.5 Å². The van der Waals surface area contributed by atoms with Crippen LogP contribution in [0.25, 0.3) is 0 Å². The summed E-state index contributed by atoms with van der Waals surface area (Å²) in [6.07, 6.45) is 4.90. The fourth-order valence-corrected chi connectivity index (χ4v) is 2.88. The summed E-state index contributed by atoms with van der Waals surface area (Å²) in [5.41, 5.74) is 0.113. The Morgan fingerprint density at radius 1 is 1.21 bits per heavy atom. The molecule has 0 amide bonds. The van der Waals surface area contributed by atoms with Crippen LogP contribution in [0.4, 0.5) is 0 Å². The molecule has 19 heavy (non-hydrogen) atoms. The molecule has 3 heteroatoms. The van der Waals surface area contributed by atoms with Crippen LogP contribution in [0.15, 0.2) is 0 Å². The minimum atomic E-state index is -0.391. The molecule has 0 aromatic rings. The van der Waals surface area contributed by atoms with Crippen LogP contribution < -0.4 is 0 Å². The summed E-state index contributed by atoms with van der Waals surface area (Å²) in [5.74, 6) is -0.0898. The molecule has 0 spiro atoms. The van der Waals surface area contributed by atoms with Crippen molar-refractivity contribution in [2.24, 2.45) is 5.41 Å². The van der Waals surface area contributed by atoms with Gasteiger partial charge in [0, 0.05) is 0 Å². The minimum Gasteiger partial charge on any atom is -0.459 e. The molecular formula is C16H31NO2. The molecule has 0 aromatic carbocycles. The van der Waals surface area contributed by atoms with Crippen LogP contribution >= 0.6 is 0 Å². The van der Waals surface area contributed by atoms with E-state index in [0.29, 0.717) is 5.41 Å². The number of nitrogens with zero attached hydrogens (tertiary/aromatic N) is 1. The Balaban J connectivity index is 2.53. The Labute approximate surface area is 118 Å². The normalized spacial score (nSPS) is 22.0. The third kappa shape index (κ3) is 4.48. The van der Waals surface area contributed by atoms with Gasteiger partial charge >= 0.3 is 5.97 Å². The maximum Gasteiger partial charge on any atom is 0.323 e. The van der Waals surface area contributed by atoms with Crippen LogP contribution in [0, 0.1) is 5.41 Å². The number of carbonyl (C=O) groups is 1. The van der Waals surface area contributed by atoms with Crippen molar-refractivity contribution in [2.75, 3.05) is 13.1 Å². The summed E-state index contributed by atoms with van der Waals surface area (Å²) in [6.45, 7) is 14.4. The van der Waals surface area contributed by atoms with Crippen LogP contribution in [-0.4, -0.2) is 35.6 Å². The quantitative estimate of drug-likeness (QED) is 0.730. The average molecular weight is 269 g/mol. The lowest BCUT2D eigenvalue weighted by molar-refractivity contribution is -0.161. The van der Waals surface area contributed by atoms with E-state index < -0.39 is 5.60 Å². The van der Waals surface area contributed by atoms with E-state index in [0.717, 1.165) is 13.1 Å². The maximum absolute atomic E-state index is 12.1. The highest BCUT2D eigenvalue weighted by Crippen LogP contribution is 2.38. The molecule has 3 nitrogen and oxygen atoms in total. The summed E-state index contributed by atoms with van der Waals surface area (Å²) < 4.78 is 5.48. The molecule has 1 aliphatic heterocycles. The van der Waals surface area contributed by atoms with Gasteiger partial charge in [0.25, 0.3) is 0 Å². The molecule has 112 valence electrons. The van der Waals surface area contributed by atoms with Crippen LogP contribution in [-0.2, 0) is 9.53 Å². The van der Waals surface area contributed by atoms with E-state index in [1.165, 1.54) is 25.7 Å². The van der Waals surface area contributed by atoms with E-state index in [2.05, 4.69) is 18.7 Å². The first-order valence-corrected chi connectivity index (χ1v) is 7.70. The molecule has 0 saturated carbocycles. The molecule has 1 atom stereocenters. The van der Waals surface area contributed by atoms with Crippen molar-refractivity contribution in [1.82, 2.24) is 4.90 Å². The summed E-state index contributed by atoms with van der Waals surface area (Å²) >= 11 is 0. The molecule has 1 unspecified atom stereocenters. The fourth-order valence-electron chi connectivity index (χ4n) is 2.88. The Morgan fingerprint density at radius 2 is 1.68 bits per heavy atom. The summed E-state index contributed by atoms with van der Waals surface area (Å²) in [6, 6.07) is -0.120. The van der Waals surface area contributed by atoms with Crippen molar-refractivity contribution in [3.63, 3.8) is 0 Å². The zero-order chi connectivity index (χ0) is 14.7. The van der Waals surface area contributed by atoms with Gasteiger partial charge in [-0.15, -0.1) is 0 Å². The molecular weight excluding hydrogens is 238 g/mol. The van der Waals surface area contributed by atoms with E-state index >= 15 is 0 Å². The standard InChI is InChI=1S/C16H31NO2/c1-7-16(8-2)9-11-17(12-10-16)13(3)14(18)19-15(4,5)6/h13H,7-12H2,1-6H3. The molecule has 0 bridgehead atoms. The average Bonchev–Trinajstić information content (AvgIpc) is 2.36. The number of esters is 1. The second-order valence-electron chi connectivity index (χ2n) is 6.95. The molecule has 0 aromatic heterocycles. The molecule has 0 aliphatic carbocycles. The van der Waals surface area contributed by atoms with Crippen molar-refractivity contribution < 1.29 is 9.53 Å². The number of ether oxygens (including phenoxy) is 1. The second kappa shape index (κ2) is 6.25. The first-order chi connectivity index (χ1) is 8.73. The van der Waals surface area contributed by atoms with E-state index in [9.17, 15) is 4.79 Å². The lowest BCUT2D eigenvalue weighted by Gasteiger charge is -2.42. The van der Waals surface area contributed by atoms with Gasteiger partial charge < -0.3 is 4.74 Å². The van der Waals surface area contributed by atoms with E-state index in [1.54, 1.807) is 0 Å². The number of piperidine rings is 1. The van der Waals surface area contributed by atoms with Gasteiger partial charge in [-0.25, -0.2) is 0 Å². The van der Waals surface area contributed by atoms with Gasteiger partial charge in [0.05, 0.1) is 0 Å². The Bertz CT molecular complexity index is 292. The number of likely N-dealkylation sites (tertiary alicyclic amines) is 1. The largest absolute Gasteiger partial charge is 0.459 e. The summed E-state index contributed by atoms with van der Waals surface area (Å²) in [7, 11) is 0. The zero-order valence-corrected chi connectivity index (χ0v) is 13.6. The van der Waals surface area contributed by atoms with Gasteiger partial charge in [-0.3, -0.25) is 9.69 Å². The fraction of sp³-hybridized carbons (Fsp3) is 0.938. The Kier molecular flexibility index (Phi) is 5.43. The van der Waals surface area contributed by atoms with Gasteiger partial charge in [-0.1, -0.05) is 26.7 Å². The van der Waals surface area contributed by atoms with E-state index in [-0.39, 0.29) is 12.0 Å². The van der Waals surface area contributed by atoms with Gasteiger partial charge in [-0.05, 0) is 59.0 Å². The van der Waals surface area contributed by atoms with Crippen molar-refractivity contribution in [1.29, 1.82) is 0 Å². The minimum absolute atomic E-state index is 0.0898. The molecule has 1 aliphatic rings. The molecule has 1 saturated heterocycles. The third-order valence-electron chi connectivity index (χ3n) is 4.65. The summed E-state index contributed by atoms with van der Waals surface area (Å²) in [5, 5.41) is 0. The molecule has 0 radical (unpaired) electrons. The van der Waals surface area contributed by atoms with Gasteiger partial charge in [0.15, 0.2) is 0 Å². The predicted octanol–water partition coefficient (Wildman–Crippen LogP) is 3.62. The number of carbonyl (C=O) groups excluding carboxylic acids is 1. The highest BCUT2D eigenvalue weighted by atomic mass is 16.6. The maximum atomic E-state index is 12.1. The van der Waals surface area contributed by atoms with Crippen molar-refractivity contribution in [3.8, 4) is 0 Å². The number of rotatable bonds is 4. The monoisotopic (exact) mass is 269 g/mol. The van der Waals surface area contributed by atoms with E-state index in [1.807, 2.05) is 27.7 Å². The number of hydrogen-bond donors (Lipinski definition) is 0. The lowest BCUT2D eigenvalue weighted by Crippen LogP contribution is -2.48. The van der Waals surface area contributed by atoms with Gasteiger partial charge in [-0.2, -0.15) is 0 Å². The third-order valence-corrected chi connectivity index (χ3v) is 4.65. The summed E-state index contributed by atoms with van der Waals surface area (Å²) in [4.78, 5) is 14.4. The number of hydrogen-bond acceptors (Lipinski definition) is 3. The lowest BCUT2D eigenvalue weighted by atomic mass is 9.74. The first-order valence-electron chi connectivity index (χ1n) is 7.70. The van der Waals surface area contributed by atoms with Crippen LogP contribution in [0.3, 0.4) is 0 Å². The zero-order valence-electron chi connectivity index (χ0n) is 13.6. The highest BCUT2D eigenvalue weighted by Gasteiger charge is 2.35. The van der Waals surface area contributed by atoms with Gasteiger partial charge in [0.1, 0.15) is 11.6 Å². The Hall–Kier alpha value is -0.570. The second-order valence-corrected chi connectivity index (χ2v) is 6.95. The molecule has 1 fully saturated rings. The Morgan fingerprint density at radius 3 is 2.05 bits per heavy atom. The van der Waals surface area contributed by atoms with Gasteiger partial charge in [0.2, 0.25) is 0 Å². The van der Waals surface area contributed by atoms with Crippen molar-refractivity contribution >= 4 is 5.97 Å². The van der Waals surface area contributed by atoms with Crippen LogP contribution in [0.1, 0.15) is 67.2 Å². The highest BCUT2D eigenvalue weighted by molar-refractivity contribution is 5.75.